The lowest BCUT2D eigenvalue weighted by molar-refractivity contribution is -0.132. The first-order chi connectivity index (χ1) is 22.6. The molecule has 47 heavy (non-hydrogen) atoms. The third-order valence-electron chi connectivity index (χ3n) is 8.17. The second-order valence-corrected chi connectivity index (χ2v) is 11.7. The number of unbranched alkanes of at least 4 members (excludes halogenated alkanes) is 1. The summed E-state index contributed by atoms with van der Waals surface area (Å²) in [5.41, 5.74) is 13.4. The lowest BCUT2D eigenvalue weighted by Gasteiger charge is -2.23. The third kappa shape index (κ3) is 10.3. The van der Waals surface area contributed by atoms with Crippen molar-refractivity contribution in [2.45, 2.75) is 69.1 Å². The fraction of sp³-hybridized carbons (Fsp3) is 0.424. The molecular weight excluding hydrogens is 604 g/mol. The van der Waals surface area contributed by atoms with E-state index in [9.17, 15) is 29.1 Å². The van der Waals surface area contributed by atoms with Gasteiger partial charge in [-0.2, -0.15) is 0 Å². The van der Waals surface area contributed by atoms with Gasteiger partial charge in [0.2, 0.25) is 29.5 Å². The Morgan fingerprint density at radius 3 is 2.34 bits per heavy atom. The number of hydrogen-bond donors (Lipinski definition) is 9. The predicted molar refractivity (Wildman–Crippen MR) is 176 cm³/mol. The van der Waals surface area contributed by atoms with Crippen LogP contribution in [-0.2, 0) is 36.8 Å². The molecule has 3 aromatic rings. The summed E-state index contributed by atoms with van der Waals surface area (Å²) in [5, 5.41) is 24.3. The van der Waals surface area contributed by atoms with Gasteiger partial charge in [0.05, 0.1) is 12.6 Å². The molecular formula is C33H44N8O6. The number of benzene rings is 2. The molecule has 1 aromatic heterocycles. The number of carbonyl (C=O) groups excluding carboxylic acids is 5. The first-order valence-electron chi connectivity index (χ1n) is 15.9. The van der Waals surface area contributed by atoms with Gasteiger partial charge in [0.1, 0.15) is 23.9 Å². The highest BCUT2D eigenvalue weighted by Crippen LogP contribution is 2.19. The van der Waals surface area contributed by atoms with E-state index in [4.69, 9.17) is 11.5 Å². The molecule has 14 nitrogen and oxygen atoms in total. The molecule has 11 N–H and O–H groups in total. The lowest BCUT2D eigenvalue weighted by atomic mass is 10.0. The van der Waals surface area contributed by atoms with Crippen molar-refractivity contribution in [2.75, 3.05) is 19.6 Å². The highest BCUT2D eigenvalue weighted by molar-refractivity contribution is 5.95. The molecule has 14 heteroatoms. The van der Waals surface area contributed by atoms with Crippen molar-refractivity contribution in [1.82, 2.24) is 31.6 Å². The van der Waals surface area contributed by atoms with Crippen LogP contribution in [0.1, 0.15) is 43.2 Å². The molecule has 0 radical (unpaired) electrons. The first kappa shape index (κ1) is 34.9. The van der Waals surface area contributed by atoms with Gasteiger partial charge in [-0.1, -0.05) is 30.3 Å². The van der Waals surface area contributed by atoms with Crippen molar-refractivity contribution >= 4 is 40.4 Å². The number of aromatic nitrogens is 1. The molecule has 252 valence electrons. The number of para-hydroxylation sites is 1. The Kier molecular flexibility index (Phi) is 12.7. The molecule has 0 aliphatic carbocycles. The number of fused-ring (bicyclic) bond motifs is 1. The van der Waals surface area contributed by atoms with Crippen LogP contribution in [0.25, 0.3) is 10.9 Å². The summed E-state index contributed by atoms with van der Waals surface area (Å²) in [4.78, 5) is 68.1. The number of aromatic amines is 1. The van der Waals surface area contributed by atoms with Crippen LogP contribution in [0.4, 0.5) is 0 Å². The number of carbonyl (C=O) groups is 5. The maximum Gasteiger partial charge on any atom is 0.243 e. The number of amides is 5. The van der Waals surface area contributed by atoms with Crippen LogP contribution in [0.3, 0.4) is 0 Å². The number of primary amides is 1. The molecule has 0 bridgehead atoms. The van der Waals surface area contributed by atoms with Gasteiger partial charge in [0.25, 0.3) is 0 Å². The van der Waals surface area contributed by atoms with E-state index in [1.54, 1.807) is 18.3 Å². The minimum absolute atomic E-state index is 0.0644. The Hall–Kier alpha value is -4.95. The maximum absolute atomic E-state index is 13.5. The monoisotopic (exact) mass is 648 g/mol. The normalized spacial score (nSPS) is 16.1. The number of phenolic OH excluding ortho intramolecular Hbond substituents is 1. The van der Waals surface area contributed by atoms with E-state index < -0.39 is 54.3 Å². The molecule has 0 spiro atoms. The van der Waals surface area contributed by atoms with Crippen LogP contribution in [-0.4, -0.2) is 83.4 Å². The van der Waals surface area contributed by atoms with Crippen LogP contribution in [0, 0.1) is 0 Å². The SMILES string of the molecule is NCCCC[C@H](NC(=O)[C@H](Cc1c[nH]c2ccccc12)NC(=O)CNC(=O)[C@H](Cc1ccc(O)cc1)NC(=O)[C@@H]1CCCN1)C(N)=O. The van der Waals surface area contributed by atoms with Gasteiger partial charge >= 0.3 is 0 Å². The van der Waals surface area contributed by atoms with Gasteiger partial charge < -0.3 is 48.1 Å². The van der Waals surface area contributed by atoms with Gasteiger partial charge in [-0.15, -0.1) is 0 Å². The largest absolute Gasteiger partial charge is 0.508 e. The third-order valence-corrected chi connectivity index (χ3v) is 8.17. The Balaban J connectivity index is 1.44. The van der Waals surface area contributed by atoms with Crippen molar-refractivity contribution in [1.29, 1.82) is 0 Å². The van der Waals surface area contributed by atoms with E-state index in [1.165, 1.54) is 12.1 Å². The van der Waals surface area contributed by atoms with Crippen molar-refractivity contribution in [3.8, 4) is 5.75 Å². The molecule has 4 atom stereocenters. The van der Waals surface area contributed by atoms with E-state index in [1.807, 2.05) is 24.3 Å². The minimum Gasteiger partial charge on any atom is -0.508 e. The molecule has 5 amide bonds. The zero-order valence-electron chi connectivity index (χ0n) is 26.2. The van der Waals surface area contributed by atoms with Gasteiger partial charge in [-0.05, 0) is 74.5 Å². The number of phenols is 1. The Bertz CT molecular complexity index is 1540. The zero-order valence-corrected chi connectivity index (χ0v) is 26.2. The maximum atomic E-state index is 13.5. The molecule has 2 aromatic carbocycles. The predicted octanol–water partition coefficient (Wildman–Crippen LogP) is -0.404. The summed E-state index contributed by atoms with van der Waals surface area (Å²) in [6, 6.07) is 10.3. The second kappa shape index (κ2) is 17.1. The van der Waals surface area contributed by atoms with Gasteiger partial charge in [0.15, 0.2) is 0 Å². The van der Waals surface area contributed by atoms with Gasteiger partial charge in [0, 0.05) is 29.9 Å². The average molecular weight is 649 g/mol. The van der Waals surface area contributed by atoms with E-state index in [2.05, 4.69) is 31.6 Å². The van der Waals surface area contributed by atoms with Crippen molar-refractivity contribution in [3.05, 3.63) is 65.9 Å². The van der Waals surface area contributed by atoms with Crippen molar-refractivity contribution in [3.63, 3.8) is 0 Å². The topological polar surface area (TPSA) is 234 Å². The zero-order chi connectivity index (χ0) is 33.8. The van der Waals surface area contributed by atoms with E-state index >= 15 is 0 Å². The first-order valence-corrected chi connectivity index (χ1v) is 15.9. The highest BCUT2D eigenvalue weighted by Gasteiger charge is 2.29. The van der Waals surface area contributed by atoms with Crippen LogP contribution < -0.4 is 38.1 Å². The van der Waals surface area contributed by atoms with Crippen molar-refractivity contribution in [2.24, 2.45) is 11.5 Å². The average Bonchev–Trinajstić information content (AvgIpc) is 3.74. The summed E-state index contributed by atoms with van der Waals surface area (Å²) in [6.45, 7) is 0.658. The molecule has 1 fully saturated rings. The smallest absolute Gasteiger partial charge is 0.243 e. The molecule has 0 saturated carbocycles. The number of hydrogen-bond acceptors (Lipinski definition) is 8. The Labute approximate surface area is 272 Å². The number of aromatic hydroxyl groups is 1. The van der Waals surface area contributed by atoms with E-state index in [0.29, 0.717) is 44.3 Å². The Morgan fingerprint density at radius 1 is 0.894 bits per heavy atom. The molecule has 1 saturated heterocycles. The second-order valence-electron chi connectivity index (χ2n) is 11.7. The fourth-order valence-corrected chi connectivity index (χ4v) is 5.57. The van der Waals surface area contributed by atoms with E-state index in [0.717, 1.165) is 22.9 Å². The summed E-state index contributed by atoms with van der Waals surface area (Å²) in [5.74, 6) is -2.80. The van der Waals surface area contributed by atoms with Crippen LogP contribution in [0.5, 0.6) is 5.75 Å². The van der Waals surface area contributed by atoms with Crippen molar-refractivity contribution < 1.29 is 29.1 Å². The molecule has 0 unspecified atom stereocenters. The fourth-order valence-electron chi connectivity index (χ4n) is 5.57. The van der Waals surface area contributed by atoms with Gasteiger partial charge in [-0.3, -0.25) is 24.0 Å². The lowest BCUT2D eigenvalue weighted by Crippen LogP contribution is -2.56. The highest BCUT2D eigenvalue weighted by atomic mass is 16.3. The number of rotatable bonds is 17. The van der Waals surface area contributed by atoms with Gasteiger partial charge in [-0.25, -0.2) is 0 Å². The summed E-state index contributed by atoms with van der Waals surface area (Å²) in [6.07, 6.45) is 4.98. The standard InChI is InChI=1S/C33H44N8O6/c34-14-4-3-8-25(30(35)44)40-33(47)28(17-21-18-37-24-7-2-1-6-23(21)24)39-29(43)19-38-31(45)27(16-20-10-12-22(42)13-11-20)41-32(46)26-9-5-15-36-26/h1-2,6-7,10-13,18,25-28,36-37,42H,3-5,8-9,14-17,19,34H2,(H2,35,44)(H,38,45)(H,39,43)(H,40,47)(H,41,46)/t25-,26-,27-,28-/m0/s1. The summed E-state index contributed by atoms with van der Waals surface area (Å²) < 4.78 is 0. The summed E-state index contributed by atoms with van der Waals surface area (Å²) >= 11 is 0. The number of nitrogens with two attached hydrogens (primary N) is 2. The van der Waals surface area contributed by atoms with Crippen LogP contribution >= 0.6 is 0 Å². The molecule has 1 aliphatic rings. The molecule has 2 heterocycles. The minimum atomic E-state index is -1.10. The molecule has 4 rings (SSSR count). The Morgan fingerprint density at radius 2 is 1.64 bits per heavy atom. The molecule has 1 aliphatic heterocycles. The number of H-pyrrole nitrogens is 1. The van der Waals surface area contributed by atoms with E-state index in [-0.39, 0.29) is 24.5 Å². The quantitative estimate of drug-likeness (QED) is 0.0872. The van der Waals surface area contributed by atoms with Crippen LogP contribution in [0.15, 0.2) is 54.7 Å². The van der Waals surface area contributed by atoms with Crippen LogP contribution in [0.2, 0.25) is 0 Å². The summed E-state index contributed by atoms with van der Waals surface area (Å²) in [7, 11) is 0. The number of nitrogens with one attached hydrogen (secondary N) is 6.